The Labute approximate surface area is 146 Å². The van der Waals surface area contributed by atoms with Crippen LogP contribution >= 0.6 is 11.3 Å². The summed E-state index contributed by atoms with van der Waals surface area (Å²) < 4.78 is 1.18. The number of carbonyl (C=O) groups excluding carboxylic acids is 1. The van der Waals surface area contributed by atoms with Crippen molar-refractivity contribution < 1.29 is 4.79 Å². The van der Waals surface area contributed by atoms with Gasteiger partial charge in [0, 0.05) is 6.54 Å². The number of aromatic nitrogens is 1. The summed E-state index contributed by atoms with van der Waals surface area (Å²) in [5.74, 6) is 0.0301. The van der Waals surface area contributed by atoms with E-state index in [2.05, 4.69) is 16.4 Å². The molecule has 0 aliphatic heterocycles. The standard InChI is InChI=1S/C19H21N3OS/c1-14(19(23)20-12-15-8-4-3-5-9-15)22(2)13-18-21-16-10-6-7-11-17(16)24-18/h3-11,14H,12-13H2,1-2H3,(H,20,23). The summed E-state index contributed by atoms with van der Waals surface area (Å²) in [5, 5.41) is 4.02. The van der Waals surface area contributed by atoms with Crippen LogP contribution < -0.4 is 5.32 Å². The van der Waals surface area contributed by atoms with Crippen LogP contribution in [0, 0.1) is 0 Å². The average molecular weight is 339 g/mol. The molecule has 0 aliphatic rings. The topological polar surface area (TPSA) is 45.2 Å². The molecule has 124 valence electrons. The van der Waals surface area contributed by atoms with Gasteiger partial charge >= 0.3 is 0 Å². The molecule has 2 aromatic carbocycles. The van der Waals surface area contributed by atoms with Crippen molar-refractivity contribution >= 4 is 27.5 Å². The van der Waals surface area contributed by atoms with Gasteiger partial charge < -0.3 is 5.32 Å². The van der Waals surface area contributed by atoms with Gasteiger partial charge in [-0.15, -0.1) is 11.3 Å². The minimum Gasteiger partial charge on any atom is -0.351 e. The molecule has 0 bridgehead atoms. The zero-order valence-corrected chi connectivity index (χ0v) is 14.7. The monoisotopic (exact) mass is 339 g/mol. The Morgan fingerprint density at radius 1 is 1.17 bits per heavy atom. The molecule has 0 spiro atoms. The molecule has 0 radical (unpaired) electrons. The normalized spacial score (nSPS) is 12.5. The first-order chi connectivity index (χ1) is 11.6. The number of thiazole rings is 1. The number of hydrogen-bond acceptors (Lipinski definition) is 4. The minimum atomic E-state index is -0.208. The Kier molecular flexibility index (Phi) is 5.23. The van der Waals surface area contributed by atoms with Crippen molar-refractivity contribution in [3.63, 3.8) is 0 Å². The largest absolute Gasteiger partial charge is 0.351 e. The number of para-hydroxylation sites is 1. The fourth-order valence-electron chi connectivity index (χ4n) is 2.47. The number of benzene rings is 2. The quantitative estimate of drug-likeness (QED) is 0.748. The predicted octanol–water partition coefficient (Wildman–Crippen LogP) is 3.43. The first kappa shape index (κ1) is 16.6. The maximum absolute atomic E-state index is 12.4. The molecule has 0 fully saturated rings. The van der Waals surface area contributed by atoms with Crippen molar-refractivity contribution in [2.45, 2.75) is 26.1 Å². The van der Waals surface area contributed by atoms with Crippen molar-refractivity contribution in [3.8, 4) is 0 Å². The number of carbonyl (C=O) groups is 1. The van der Waals surface area contributed by atoms with Crippen molar-refractivity contribution in [1.29, 1.82) is 0 Å². The Hall–Kier alpha value is -2.24. The molecule has 0 aliphatic carbocycles. The number of likely N-dealkylation sites (N-methyl/N-ethyl adjacent to an activating group) is 1. The van der Waals surface area contributed by atoms with Crippen LogP contribution in [0.25, 0.3) is 10.2 Å². The van der Waals surface area contributed by atoms with Gasteiger partial charge in [-0.25, -0.2) is 4.98 Å². The highest BCUT2D eigenvalue weighted by molar-refractivity contribution is 7.18. The summed E-state index contributed by atoms with van der Waals surface area (Å²) >= 11 is 1.68. The summed E-state index contributed by atoms with van der Waals surface area (Å²) in [6, 6.07) is 17.8. The molecule has 1 heterocycles. The van der Waals surface area contributed by atoms with Gasteiger partial charge in [-0.05, 0) is 31.7 Å². The molecule has 3 rings (SSSR count). The molecule has 1 aromatic heterocycles. The highest BCUT2D eigenvalue weighted by atomic mass is 32.1. The third-order valence-electron chi connectivity index (χ3n) is 4.07. The van der Waals surface area contributed by atoms with E-state index in [9.17, 15) is 4.79 Å². The molecule has 1 N–H and O–H groups in total. The first-order valence-electron chi connectivity index (χ1n) is 8.00. The van der Waals surface area contributed by atoms with E-state index in [1.54, 1.807) is 11.3 Å². The second kappa shape index (κ2) is 7.55. The lowest BCUT2D eigenvalue weighted by molar-refractivity contribution is -0.125. The molecular weight excluding hydrogens is 318 g/mol. The molecule has 1 atom stereocenters. The molecule has 3 aromatic rings. The third kappa shape index (κ3) is 3.99. The summed E-state index contributed by atoms with van der Waals surface area (Å²) in [6.45, 7) is 3.14. The van der Waals surface area contributed by atoms with E-state index in [1.165, 1.54) is 4.70 Å². The molecular formula is C19H21N3OS. The summed E-state index contributed by atoms with van der Waals surface area (Å²) in [4.78, 5) is 19.0. The second-order valence-electron chi connectivity index (χ2n) is 5.87. The van der Waals surface area contributed by atoms with Gasteiger partial charge in [-0.2, -0.15) is 0 Å². The van der Waals surface area contributed by atoms with E-state index >= 15 is 0 Å². The van der Waals surface area contributed by atoms with E-state index in [0.29, 0.717) is 13.1 Å². The van der Waals surface area contributed by atoms with Gasteiger partial charge in [0.15, 0.2) is 0 Å². The third-order valence-corrected chi connectivity index (χ3v) is 5.09. The smallest absolute Gasteiger partial charge is 0.237 e. The number of hydrogen-bond donors (Lipinski definition) is 1. The van der Waals surface area contributed by atoms with Crippen LogP contribution in [0.2, 0.25) is 0 Å². The number of nitrogens with zero attached hydrogens (tertiary/aromatic N) is 2. The highest BCUT2D eigenvalue weighted by Gasteiger charge is 2.19. The fraction of sp³-hybridized carbons (Fsp3) is 0.263. The summed E-state index contributed by atoms with van der Waals surface area (Å²) in [5.41, 5.74) is 2.12. The van der Waals surface area contributed by atoms with Gasteiger partial charge in [0.05, 0.1) is 22.8 Å². The Morgan fingerprint density at radius 2 is 1.88 bits per heavy atom. The maximum atomic E-state index is 12.4. The first-order valence-corrected chi connectivity index (χ1v) is 8.81. The van der Waals surface area contributed by atoms with Crippen LogP contribution in [0.3, 0.4) is 0 Å². The SMILES string of the molecule is CC(C(=O)NCc1ccccc1)N(C)Cc1nc2ccccc2s1. The lowest BCUT2D eigenvalue weighted by Crippen LogP contribution is -2.42. The van der Waals surface area contributed by atoms with Crippen LogP contribution in [-0.2, 0) is 17.9 Å². The van der Waals surface area contributed by atoms with Crippen molar-refractivity contribution in [1.82, 2.24) is 15.2 Å². The van der Waals surface area contributed by atoms with E-state index in [-0.39, 0.29) is 11.9 Å². The van der Waals surface area contributed by atoms with Crippen molar-refractivity contribution in [2.24, 2.45) is 0 Å². The summed E-state index contributed by atoms with van der Waals surface area (Å²) in [7, 11) is 1.96. The van der Waals surface area contributed by atoms with E-state index in [4.69, 9.17) is 0 Å². The molecule has 5 heteroatoms. The van der Waals surface area contributed by atoms with Gasteiger partial charge in [0.1, 0.15) is 5.01 Å². The average Bonchev–Trinajstić information content (AvgIpc) is 3.02. The van der Waals surface area contributed by atoms with E-state index in [0.717, 1.165) is 16.1 Å². The molecule has 1 amide bonds. The van der Waals surface area contributed by atoms with Gasteiger partial charge in [0.25, 0.3) is 0 Å². The zero-order chi connectivity index (χ0) is 16.9. The van der Waals surface area contributed by atoms with Crippen LogP contribution in [0.15, 0.2) is 54.6 Å². The molecule has 4 nitrogen and oxygen atoms in total. The highest BCUT2D eigenvalue weighted by Crippen LogP contribution is 2.22. The predicted molar refractivity (Wildman–Crippen MR) is 98.8 cm³/mol. The maximum Gasteiger partial charge on any atom is 0.237 e. The van der Waals surface area contributed by atoms with Gasteiger partial charge in [-0.1, -0.05) is 42.5 Å². The number of nitrogens with one attached hydrogen (secondary N) is 1. The van der Waals surface area contributed by atoms with E-state index < -0.39 is 0 Å². The lowest BCUT2D eigenvalue weighted by atomic mass is 10.2. The molecule has 1 unspecified atom stereocenters. The van der Waals surface area contributed by atoms with Crippen LogP contribution in [0.1, 0.15) is 17.5 Å². The van der Waals surface area contributed by atoms with Crippen LogP contribution in [0.4, 0.5) is 0 Å². The zero-order valence-electron chi connectivity index (χ0n) is 13.9. The molecule has 0 saturated heterocycles. The fourth-order valence-corrected chi connectivity index (χ4v) is 3.50. The molecule has 0 saturated carbocycles. The van der Waals surface area contributed by atoms with Gasteiger partial charge in [0.2, 0.25) is 5.91 Å². The summed E-state index contributed by atoms with van der Waals surface area (Å²) in [6.07, 6.45) is 0. The van der Waals surface area contributed by atoms with Crippen LogP contribution in [0.5, 0.6) is 0 Å². The van der Waals surface area contributed by atoms with Crippen molar-refractivity contribution in [3.05, 3.63) is 65.2 Å². The number of amides is 1. The van der Waals surface area contributed by atoms with Gasteiger partial charge in [-0.3, -0.25) is 9.69 Å². The van der Waals surface area contributed by atoms with E-state index in [1.807, 2.05) is 67.4 Å². The Balaban J connectivity index is 1.57. The minimum absolute atomic E-state index is 0.0301. The number of fused-ring (bicyclic) bond motifs is 1. The lowest BCUT2D eigenvalue weighted by Gasteiger charge is -2.22. The molecule has 24 heavy (non-hydrogen) atoms. The Morgan fingerprint density at radius 3 is 2.62 bits per heavy atom. The Bertz CT molecular complexity index is 783. The van der Waals surface area contributed by atoms with Crippen molar-refractivity contribution in [2.75, 3.05) is 7.05 Å². The number of rotatable bonds is 6. The second-order valence-corrected chi connectivity index (χ2v) is 6.99. The van der Waals surface area contributed by atoms with Crippen LogP contribution in [-0.4, -0.2) is 28.9 Å².